The molecule has 1 N–H and O–H groups in total. The summed E-state index contributed by atoms with van der Waals surface area (Å²) in [7, 11) is 0. The van der Waals surface area contributed by atoms with E-state index in [1.165, 1.54) is 9.13 Å². The van der Waals surface area contributed by atoms with Gasteiger partial charge in [0.15, 0.2) is 0 Å². The van der Waals surface area contributed by atoms with Gasteiger partial charge in [-0.3, -0.25) is 0 Å². The van der Waals surface area contributed by atoms with Crippen molar-refractivity contribution in [2.75, 3.05) is 6.61 Å². The average Bonchev–Trinajstić information content (AvgIpc) is 2.34. The maximum Gasteiger partial charge on any atom is 0.407 e. The molecule has 0 unspecified atom stereocenters. The van der Waals surface area contributed by atoms with Crippen LogP contribution in [0.1, 0.15) is 32.8 Å². The summed E-state index contributed by atoms with van der Waals surface area (Å²) in [5.74, 6) is 0.904. The molecule has 1 heterocycles. The largest absolute Gasteiger partial charge is 0.487 e. The minimum Gasteiger partial charge on any atom is -0.487 e. The Morgan fingerprint density at radius 3 is 2.95 bits per heavy atom. The minimum atomic E-state index is -0.394. The van der Waals surface area contributed by atoms with Crippen LogP contribution in [-0.2, 0) is 11.2 Å². The second-order valence-corrected chi connectivity index (χ2v) is 7.25. The van der Waals surface area contributed by atoms with Gasteiger partial charge in [0.05, 0.1) is 0 Å². The Labute approximate surface area is 133 Å². The van der Waals surface area contributed by atoms with E-state index in [4.69, 9.17) is 9.47 Å². The van der Waals surface area contributed by atoms with Gasteiger partial charge < -0.3 is 14.8 Å². The van der Waals surface area contributed by atoms with Gasteiger partial charge in [0.1, 0.15) is 18.5 Å². The van der Waals surface area contributed by atoms with Gasteiger partial charge in [-0.2, -0.15) is 0 Å². The summed E-state index contributed by atoms with van der Waals surface area (Å²) in [6.45, 7) is 6.04. The van der Waals surface area contributed by atoms with Crippen molar-refractivity contribution in [2.45, 2.75) is 45.3 Å². The summed E-state index contributed by atoms with van der Waals surface area (Å²) in [5.41, 5.74) is 0.945. The molecular weight excluding hydrogens is 369 g/mol. The molecule has 20 heavy (non-hydrogen) atoms. The Morgan fingerprint density at radius 1 is 1.50 bits per heavy atom. The molecule has 0 aromatic heterocycles. The molecule has 2 rings (SSSR count). The summed E-state index contributed by atoms with van der Waals surface area (Å²) in [6.07, 6.45) is 1.37. The lowest BCUT2D eigenvalue weighted by atomic mass is 10.0. The summed E-state index contributed by atoms with van der Waals surface area (Å²) >= 11 is 2.30. The van der Waals surface area contributed by atoms with E-state index in [1.807, 2.05) is 32.9 Å². The normalized spacial score (nSPS) is 17.9. The van der Waals surface area contributed by atoms with Gasteiger partial charge in [-0.1, -0.05) is 0 Å². The van der Waals surface area contributed by atoms with Crippen LogP contribution in [0.5, 0.6) is 5.75 Å². The number of carbonyl (C=O) groups is 1. The predicted octanol–water partition coefficient (Wildman–Crippen LogP) is 3.51. The maximum atomic E-state index is 11.6. The number of fused-ring (bicyclic) bond motifs is 1. The third-order valence-corrected chi connectivity index (χ3v) is 3.60. The van der Waals surface area contributed by atoms with Crippen LogP contribution < -0.4 is 10.1 Å². The number of benzene rings is 1. The SMILES string of the molecule is CC(C)(C)NC(=O)OC[C@H]1CCc2cc(I)ccc2O1. The smallest absolute Gasteiger partial charge is 0.407 e. The van der Waals surface area contributed by atoms with E-state index in [9.17, 15) is 4.79 Å². The molecule has 0 saturated heterocycles. The lowest BCUT2D eigenvalue weighted by Crippen LogP contribution is -2.42. The Morgan fingerprint density at radius 2 is 2.25 bits per heavy atom. The fraction of sp³-hybridized carbons (Fsp3) is 0.533. The summed E-state index contributed by atoms with van der Waals surface area (Å²) in [4.78, 5) is 11.6. The topological polar surface area (TPSA) is 47.6 Å². The molecule has 0 radical (unpaired) electrons. The third-order valence-electron chi connectivity index (χ3n) is 2.93. The molecule has 0 spiro atoms. The van der Waals surface area contributed by atoms with Crippen molar-refractivity contribution in [3.8, 4) is 5.75 Å². The lowest BCUT2D eigenvalue weighted by Gasteiger charge is -2.27. The van der Waals surface area contributed by atoms with Crippen molar-refractivity contribution in [3.63, 3.8) is 0 Å². The van der Waals surface area contributed by atoms with E-state index in [-0.39, 0.29) is 18.2 Å². The number of ether oxygens (including phenoxy) is 2. The highest BCUT2D eigenvalue weighted by atomic mass is 127. The van der Waals surface area contributed by atoms with Crippen LogP contribution >= 0.6 is 22.6 Å². The van der Waals surface area contributed by atoms with Gasteiger partial charge in [-0.15, -0.1) is 0 Å². The van der Waals surface area contributed by atoms with E-state index >= 15 is 0 Å². The maximum absolute atomic E-state index is 11.6. The number of hydrogen-bond acceptors (Lipinski definition) is 3. The number of halogens is 1. The highest BCUT2D eigenvalue weighted by molar-refractivity contribution is 14.1. The molecule has 110 valence electrons. The van der Waals surface area contributed by atoms with E-state index in [2.05, 4.69) is 34.0 Å². The van der Waals surface area contributed by atoms with Crippen LogP contribution in [0.2, 0.25) is 0 Å². The Kier molecular flexibility index (Phi) is 4.78. The highest BCUT2D eigenvalue weighted by Gasteiger charge is 2.22. The molecular formula is C15H20INO3. The fourth-order valence-corrected chi connectivity index (χ4v) is 2.60. The first kappa shape index (κ1) is 15.4. The second kappa shape index (κ2) is 6.20. The molecule has 1 aliphatic rings. The molecule has 1 amide bonds. The zero-order valence-corrected chi connectivity index (χ0v) is 14.2. The molecule has 4 nitrogen and oxygen atoms in total. The number of nitrogens with one attached hydrogen (secondary N) is 1. The standard InChI is InChI=1S/C15H20INO3/c1-15(2,3)17-14(18)19-9-12-6-4-10-8-11(16)5-7-13(10)20-12/h5,7-8,12H,4,6,9H2,1-3H3,(H,17,18)/t12-/m1/s1. The first-order valence-electron chi connectivity index (χ1n) is 6.73. The predicted molar refractivity (Wildman–Crippen MR) is 86.1 cm³/mol. The lowest BCUT2D eigenvalue weighted by molar-refractivity contribution is 0.0675. The first-order valence-corrected chi connectivity index (χ1v) is 7.81. The number of amides is 1. The van der Waals surface area contributed by atoms with Crippen LogP contribution in [0.4, 0.5) is 4.79 Å². The Bertz CT molecular complexity index is 496. The minimum absolute atomic E-state index is 0.0618. The molecule has 1 aromatic carbocycles. The van der Waals surface area contributed by atoms with Crippen LogP contribution in [0.3, 0.4) is 0 Å². The van der Waals surface area contributed by atoms with Crippen LogP contribution in [0.25, 0.3) is 0 Å². The molecule has 0 aliphatic carbocycles. The van der Waals surface area contributed by atoms with Crippen LogP contribution in [0.15, 0.2) is 18.2 Å². The van der Waals surface area contributed by atoms with Gasteiger partial charge in [0.2, 0.25) is 0 Å². The van der Waals surface area contributed by atoms with Crippen molar-refractivity contribution in [3.05, 3.63) is 27.3 Å². The van der Waals surface area contributed by atoms with Gasteiger partial charge in [0.25, 0.3) is 0 Å². The van der Waals surface area contributed by atoms with Gasteiger partial charge in [-0.25, -0.2) is 4.79 Å². The van der Waals surface area contributed by atoms with Gasteiger partial charge in [0, 0.05) is 9.11 Å². The van der Waals surface area contributed by atoms with Gasteiger partial charge in [-0.05, 0) is 80.0 Å². The zero-order valence-electron chi connectivity index (χ0n) is 12.0. The number of carbonyl (C=O) groups excluding carboxylic acids is 1. The Hall–Kier alpha value is -0.980. The van der Waals surface area contributed by atoms with Crippen LogP contribution in [0, 0.1) is 3.57 Å². The number of alkyl carbamates (subject to hydrolysis) is 1. The van der Waals surface area contributed by atoms with Crippen molar-refractivity contribution in [2.24, 2.45) is 0 Å². The first-order chi connectivity index (χ1) is 9.33. The molecule has 0 saturated carbocycles. The van der Waals surface area contributed by atoms with Crippen molar-refractivity contribution >= 4 is 28.7 Å². The summed E-state index contributed by atoms with van der Waals surface area (Å²) in [5, 5.41) is 2.77. The van der Waals surface area contributed by atoms with E-state index in [0.29, 0.717) is 0 Å². The quantitative estimate of drug-likeness (QED) is 0.788. The van der Waals surface area contributed by atoms with Gasteiger partial charge >= 0.3 is 6.09 Å². The monoisotopic (exact) mass is 389 g/mol. The van der Waals surface area contributed by atoms with Crippen molar-refractivity contribution in [1.29, 1.82) is 0 Å². The molecule has 1 aromatic rings. The number of aryl methyl sites for hydroxylation is 1. The molecule has 0 fully saturated rings. The van der Waals surface area contributed by atoms with E-state index in [1.54, 1.807) is 0 Å². The van der Waals surface area contributed by atoms with E-state index < -0.39 is 6.09 Å². The average molecular weight is 389 g/mol. The molecule has 0 bridgehead atoms. The zero-order chi connectivity index (χ0) is 14.8. The van der Waals surface area contributed by atoms with Crippen LogP contribution in [-0.4, -0.2) is 24.3 Å². The van der Waals surface area contributed by atoms with Crippen molar-refractivity contribution in [1.82, 2.24) is 5.32 Å². The second-order valence-electron chi connectivity index (χ2n) is 6.00. The fourth-order valence-electron chi connectivity index (χ4n) is 2.04. The molecule has 5 heteroatoms. The highest BCUT2D eigenvalue weighted by Crippen LogP contribution is 2.29. The molecule has 1 atom stereocenters. The third kappa shape index (κ3) is 4.54. The Balaban J connectivity index is 1.85. The van der Waals surface area contributed by atoms with Crippen molar-refractivity contribution < 1.29 is 14.3 Å². The summed E-state index contributed by atoms with van der Waals surface area (Å²) < 4.78 is 12.3. The number of rotatable bonds is 2. The van der Waals surface area contributed by atoms with E-state index in [0.717, 1.165) is 18.6 Å². The number of hydrogen-bond donors (Lipinski definition) is 1. The molecule has 1 aliphatic heterocycles. The summed E-state index contributed by atoms with van der Waals surface area (Å²) in [6, 6.07) is 6.15.